The number of aryl methyl sites for hydroxylation is 1. The van der Waals surface area contributed by atoms with E-state index in [-0.39, 0.29) is 11.7 Å². The van der Waals surface area contributed by atoms with E-state index in [1.54, 1.807) is 36.4 Å². The van der Waals surface area contributed by atoms with Gasteiger partial charge in [-0.3, -0.25) is 9.52 Å². The van der Waals surface area contributed by atoms with Gasteiger partial charge in [-0.2, -0.15) is 0 Å². The fourth-order valence-corrected chi connectivity index (χ4v) is 3.14. The van der Waals surface area contributed by atoms with Crippen molar-refractivity contribution in [3.8, 4) is 0 Å². The number of sulfonamides is 1. The molecular weight excluding hydrogens is 300 g/mol. The van der Waals surface area contributed by atoms with Crippen LogP contribution >= 0.6 is 0 Å². The zero-order valence-electron chi connectivity index (χ0n) is 12.5. The molecule has 0 aliphatic rings. The van der Waals surface area contributed by atoms with E-state index in [0.717, 1.165) is 11.1 Å². The number of nitrogens with one attached hydrogen (secondary N) is 2. The average Bonchev–Trinajstić information content (AvgIpc) is 2.42. The van der Waals surface area contributed by atoms with Crippen LogP contribution in [0.25, 0.3) is 0 Å². The summed E-state index contributed by atoms with van der Waals surface area (Å²) in [7, 11) is -3.47. The summed E-state index contributed by atoms with van der Waals surface area (Å²) in [6.07, 6.45) is 0. The van der Waals surface area contributed by atoms with Crippen LogP contribution in [0.2, 0.25) is 0 Å². The average molecular weight is 318 g/mol. The molecule has 0 aliphatic heterocycles. The molecule has 0 saturated carbocycles. The van der Waals surface area contributed by atoms with Gasteiger partial charge in [0.15, 0.2) is 0 Å². The number of benzene rings is 2. The van der Waals surface area contributed by atoms with Gasteiger partial charge in [0.25, 0.3) is 0 Å². The summed E-state index contributed by atoms with van der Waals surface area (Å²) in [5.41, 5.74) is 2.89. The Balaban J connectivity index is 2.05. The highest BCUT2D eigenvalue weighted by molar-refractivity contribution is 7.91. The van der Waals surface area contributed by atoms with Crippen molar-refractivity contribution in [1.82, 2.24) is 0 Å². The normalized spacial score (nSPS) is 11.0. The number of carbonyl (C=O) groups is 1. The molecule has 116 valence electrons. The first-order chi connectivity index (χ1) is 10.3. The van der Waals surface area contributed by atoms with Gasteiger partial charge in [-0.25, -0.2) is 8.42 Å². The lowest BCUT2D eigenvalue weighted by Gasteiger charge is -2.09. The lowest BCUT2D eigenvalue weighted by atomic mass is 10.2. The molecule has 0 radical (unpaired) electrons. The summed E-state index contributed by atoms with van der Waals surface area (Å²) in [5, 5.41) is 2.62. The SMILES string of the molecule is CC(=O)Nc1ccc(NS(=O)(=O)Cc2ccc(C)cc2)cc1. The summed E-state index contributed by atoms with van der Waals surface area (Å²) in [5.74, 6) is -0.256. The monoisotopic (exact) mass is 318 g/mol. The standard InChI is InChI=1S/C16H18N2O3S/c1-12-3-5-14(6-4-12)11-22(20,21)18-16-9-7-15(8-10-16)17-13(2)19/h3-10,18H,11H2,1-2H3,(H,17,19). The van der Waals surface area contributed by atoms with Gasteiger partial charge in [-0.05, 0) is 36.8 Å². The van der Waals surface area contributed by atoms with Crippen LogP contribution < -0.4 is 10.0 Å². The molecule has 0 aliphatic carbocycles. The molecule has 0 atom stereocenters. The summed E-state index contributed by atoms with van der Waals surface area (Å²) < 4.78 is 26.8. The molecule has 22 heavy (non-hydrogen) atoms. The molecular formula is C16H18N2O3S. The van der Waals surface area contributed by atoms with Gasteiger partial charge in [0.1, 0.15) is 0 Å². The Morgan fingerprint density at radius 3 is 2.05 bits per heavy atom. The van der Waals surface area contributed by atoms with Crippen LogP contribution in [-0.2, 0) is 20.6 Å². The van der Waals surface area contributed by atoms with Gasteiger partial charge < -0.3 is 5.32 Å². The van der Waals surface area contributed by atoms with Crippen LogP contribution in [0, 0.1) is 6.92 Å². The molecule has 0 bridgehead atoms. The van der Waals surface area contributed by atoms with E-state index in [1.807, 2.05) is 19.1 Å². The van der Waals surface area contributed by atoms with Crippen molar-refractivity contribution in [3.63, 3.8) is 0 Å². The van der Waals surface area contributed by atoms with Crippen molar-refractivity contribution in [3.05, 3.63) is 59.7 Å². The molecule has 1 amide bonds. The van der Waals surface area contributed by atoms with E-state index in [1.165, 1.54) is 6.92 Å². The Morgan fingerprint density at radius 1 is 0.955 bits per heavy atom. The summed E-state index contributed by atoms with van der Waals surface area (Å²) >= 11 is 0. The molecule has 2 rings (SSSR count). The van der Waals surface area contributed by atoms with E-state index in [4.69, 9.17) is 0 Å². The number of hydrogen-bond acceptors (Lipinski definition) is 3. The molecule has 5 nitrogen and oxygen atoms in total. The van der Waals surface area contributed by atoms with Crippen molar-refractivity contribution in [2.45, 2.75) is 19.6 Å². The van der Waals surface area contributed by atoms with Crippen LogP contribution in [0.4, 0.5) is 11.4 Å². The number of carbonyl (C=O) groups excluding carboxylic acids is 1. The lowest BCUT2D eigenvalue weighted by molar-refractivity contribution is -0.114. The van der Waals surface area contributed by atoms with E-state index in [2.05, 4.69) is 10.0 Å². The third-order valence-electron chi connectivity index (χ3n) is 2.96. The second kappa shape index (κ2) is 6.62. The number of amides is 1. The largest absolute Gasteiger partial charge is 0.326 e. The zero-order valence-corrected chi connectivity index (χ0v) is 13.3. The van der Waals surface area contributed by atoms with E-state index >= 15 is 0 Å². The fourth-order valence-electron chi connectivity index (χ4n) is 1.94. The molecule has 2 aromatic rings. The van der Waals surface area contributed by atoms with Crippen LogP contribution in [0.15, 0.2) is 48.5 Å². The Kier molecular flexibility index (Phi) is 4.82. The Bertz CT molecular complexity index is 751. The van der Waals surface area contributed by atoms with Gasteiger partial charge in [0.05, 0.1) is 5.75 Å². The zero-order chi connectivity index (χ0) is 16.2. The van der Waals surface area contributed by atoms with Crippen LogP contribution in [0.3, 0.4) is 0 Å². The van der Waals surface area contributed by atoms with Gasteiger partial charge in [-0.15, -0.1) is 0 Å². The van der Waals surface area contributed by atoms with Crippen molar-refractivity contribution in [2.75, 3.05) is 10.0 Å². The molecule has 0 aromatic heterocycles. The third-order valence-corrected chi connectivity index (χ3v) is 4.22. The number of hydrogen-bond donors (Lipinski definition) is 2. The first-order valence-electron chi connectivity index (χ1n) is 6.78. The second-order valence-electron chi connectivity index (χ2n) is 5.11. The van der Waals surface area contributed by atoms with Gasteiger partial charge in [-0.1, -0.05) is 29.8 Å². The van der Waals surface area contributed by atoms with Crippen molar-refractivity contribution < 1.29 is 13.2 Å². The van der Waals surface area contributed by atoms with Gasteiger partial charge >= 0.3 is 0 Å². The minimum Gasteiger partial charge on any atom is -0.326 e. The van der Waals surface area contributed by atoms with Crippen LogP contribution in [0.5, 0.6) is 0 Å². The number of anilines is 2. The lowest BCUT2D eigenvalue weighted by Crippen LogP contribution is -2.15. The molecule has 0 unspecified atom stereocenters. The second-order valence-corrected chi connectivity index (χ2v) is 6.83. The highest BCUT2D eigenvalue weighted by atomic mass is 32.2. The highest BCUT2D eigenvalue weighted by Crippen LogP contribution is 2.16. The maximum atomic E-state index is 12.1. The Labute approximate surface area is 130 Å². The highest BCUT2D eigenvalue weighted by Gasteiger charge is 2.11. The first kappa shape index (κ1) is 16.0. The molecule has 0 fully saturated rings. The molecule has 2 aromatic carbocycles. The van der Waals surface area contributed by atoms with Crippen LogP contribution in [-0.4, -0.2) is 14.3 Å². The fraction of sp³-hybridized carbons (Fsp3) is 0.188. The maximum absolute atomic E-state index is 12.1. The summed E-state index contributed by atoms with van der Waals surface area (Å²) in [6.45, 7) is 3.37. The predicted octanol–water partition coefficient (Wildman–Crippen LogP) is 2.90. The van der Waals surface area contributed by atoms with Gasteiger partial charge in [0, 0.05) is 18.3 Å². The quantitative estimate of drug-likeness (QED) is 0.890. The van der Waals surface area contributed by atoms with Crippen molar-refractivity contribution in [1.29, 1.82) is 0 Å². The van der Waals surface area contributed by atoms with Crippen molar-refractivity contribution >= 4 is 27.3 Å². The predicted molar refractivity (Wildman–Crippen MR) is 88.2 cm³/mol. The molecule has 0 heterocycles. The Hall–Kier alpha value is -2.34. The van der Waals surface area contributed by atoms with E-state index < -0.39 is 10.0 Å². The van der Waals surface area contributed by atoms with Crippen molar-refractivity contribution in [2.24, 2.45) is 0 Å². The molecule has 2 N–H and O–H groups in total. The summed E-state index contributed by atoms with van der Waals surface area (Å²) in [4.78, 5) is 10.9. The minimum absolute atomic E-state index is 0.0826. The molecule has 0 spiro atoms. The molecule has 6 heteroatoms. The number of rotatable bonds is 5. The van der Waals surface area contributed by atoms with E-state index in [9.17, 15) is 13.2 Å². The van der Waals surface area contributed by atoms with E-state index in [0.29, 0.717) is 11.4 Å². The Morgan fingerprint density at radius 2 is 1.50 bits per heavy atom. The third kappa shape index (κ3) is 4.89. The van der Waals surface area contributed by atoms with Gasteiger partial charge in [0.2, 0.25) is 15.9 Å². The topological polar surface area (TPSA) is 75.3 Å². The summed E-state index contributed by atoms with van der Waals surface area (Å²) in [6, 6.07) is 13.9. The smallest absolute Gasteiger partial charge is 0.236 e. The van der Waals surface area contributed by atoms with Crippen LogP contribution in [0.1, 0.15) is 18.1 Å². The minimum atomic E-state index is -3.47. The maximum Gasteiger partial charge on any atom is 0.236 e. The molecule has 0 saturated heterocycles. The first-order valence-corrected chi connectivity index (χ1v) is 8.43.